The molecular weight excluding hydrogens is 388 g/mol. The first kappa shape index (κ1) is 22.6. The van der Waals surface area contributed by atoms with Crippen molar-refractivity contribution in [3.63, 3.8) is 0 Å². The summed E-state index contributed by atoms with van der Waals surface area (Å²) in [6, 6.07) is 5.24. The predicted octanol–water partition coefficient (Wildman–Crippen LogP) is 2.97. The van der Waals surface area contributed by atoms with Gasteiger partial charge in [0.25, 0.3) is 0 Å². The minimum absolute atomic E-state index is 0.101. The molecule has 1 aromatic rings. The van der Waals surface area contributed by atoms with Crippen molar-refractivity contribution >= 4 is 29.2 Å². The predicted molar refractivity (Wildman–Crippen MR) is 118 cm³/mol. The SMILES string of the molecule is C=CC(=O)N1CCN(C(=O)NC(C)C#Cc2ccc(Cl)c(N(CC)CC)c2)CC1. The molecule has 1 saturated heterocycles. The summed E-state index contributed by atoms with van der Waals surface area (Å²) in [7, 11) is 0. The van der Waals surface area contributed by atoms with Crippen molar-refractivity contribution in [2.45, 2.75) is 26.8 Å². The molecule has 2 rings (SSSR count). The van der Waals surface area contributed by atoms with E-state index < -0.39 is 0 Å². The zero-order chi connectivity index (χ0) is 21.4. The Hall–Kier alpha value is -2.65. The maximum absolute atomic E-state index is 12.4. The van der Waals surface area contributed by atoms with E-state index in [1.165, 1.54) is 6.08 Å². The highest BCUT2D eigenvalue weighted by Gasteiger charge is 2.23. The summed E-state index contributed by atoms with van der Waals surface area (Å²) < 4.78 is 0. The monoisotopic (exact) mass is 416 g/mol. The summed E-state index contributed by atoms with van der Waals surface area (Å²) in [5.41, 5.74) is 1.82. The zero-order valence-electron chi connectivity index (χ0n) is 17.4. The molecule has 6 nitrogen and oxygen atoms in total. The van der Waals surface area contributed by atoms with Gasteiger partial charge in [-0.25, -0.2) is 4.79 Å². The van der Waals surface area contributed by atoms with Crippen LogP contribution >= 0.6 is 11.6 Å². The molecule has 0 radical (unpaired) electrons. The number of nitrogens with one attached hydrogen (secondary N) is 1. The maximum atomic E-state index is 12.4. The second-order valence-electron chi connectivity index (χ2n) is 6.80. The van der Waals surface area contributed by atoms with Gasteiger partial charge in [-0.2, -0.15) is 0 Å². The van der Waals surface area contributed by atoms with Crippen LogP contribution in [-0.2, 0) is 4.79 Å². The van der Waals surface area contributed by atoms with Gasteiger partial charge in [-0.05, 0) is 45.0 Å². The number of urea groups is 1. The van der Waals surface area contributed by atoms with Crippen molar-refractivity contribution in [1.29, 1.82) is 0 Å². The summed E-state index contributed by atoms with van der Waals surface area (Å²) >= 11 is 6.32. The number of piperazine rings is 1. The molecule has 3 amide bonds. The van der Waals surface area contributed by atoms with Gasteiger partial charge in [0.2, 0.25) is 5.91 Å². The lowest BCUT2D eigenvalue weighted by Crippen LogP contribution is -2.53. The molecule has 1 aliphatic heterocycles. The lowest BCUT2D eigenvalue weighted by Gasteiger charge is -2.34. The smallest absolute Gasteiger partial charge is 0.318 e. The van der Waals surface area contributed by atoms with E-state index in [0.717, 1.165) is 24.3 Å². The Morgan fingerprint density at radius 2 is 1.86 bits per heavy atom. The number of amides is 3. The summed E-state index contributed by atoms with van der Waals surface area (Å²) in [5.74, 6) is 6.10. The van der Waals surface area contributed by atoms with E-state index in [1.54, 1.807) is 9.80 Å². The van der Waals surface area contributed by atoms with Gasteiger partial charge in [-0.15, -0.1) is 0 Å². The molecule has 0 aliphatic carbocycles. The van der Waals surface area contributed by atoms with Crippen molar-refractivity contribution in [2.24, 2.45) is 0 Å². The molecule has 1 N–H and O–H groups in total. The summed E-state index contributed by atoms with van der Waals surface area (Å²) in [4.78, 5) is 29.6. The third-order valence-electron chi connectivity index (χ3n) is 4.88. The fourth-order valence-corrected chi connectivity index (χ4v) is 3.40. The van der Waals surface area contributed by atoms with Crippen LogP contribution < -0.4 is 10.2 Å². The molecule has 1 aromatic carbocycles. The first-order chi connectivity index (χ1) is 13.9. The highest BCUT2D eigenvalue weighted by Crippen LogP contribution is 2.26. The van der Waals surface area contributed by atoms with Gasteiger partial charge >= 0.3 is 6.03 Å². The highest BCUT2D eigenvalue weighted by molar-refractivity contribution is 6.33. The van der Waals surface area contributed by atoms with Gasteiger partial charge < -0.3 is 20.0 Å². The molecule has 0 saturated carbocycles. The summed E-state index contributed by atoms with van der Waals surface area (Å²) in [6.45, 7) is 13.3. The average Bonchev–Trinajstić information content (AvgIpc) is 2.74. The fraction of sp³-hybridized carbons (Fsp3) is 0.455. The van der Waals surface area contributed by atoms with E-state index in [1.807, 2.05) is 25.1 Å². The van der Waals surface area contributed by atoms with Gasteiger partial charge in [0.15, 0.2) is 0 Å². The van der Waals surface area contributed by atoms with Crippen LogP contribution in [0.5, 0.6) is 0 Å². The number of carbonyl (C=O) groups is 2. The second kappa shape index (κ2) is 10.8. The standard InChI is InChI=1S/C22H29ClN4O2/c1-5-21(28)26-12-14-27(15-13-26)22(29)24-17(4)8-9-18-10-11-19(23)20(16-18)25(6-2)7-3/h5,10-11,16-17H,1,6-7,12-15H2,2-4H3,(H,24,29). The van der Waals surface area contributed by atoms with Crippen LogP contribution in [-0.4, -0.2) is 67.0 Å². The van der Waals surface area contributed by atoms with E-state index in [-0.39, 0.29) is 18.0 Å². The third-order valence-corrected chi connectivity index (χ3v) is 5.20. The molecular formula is C22H29ClN4O2. The van der Waals surface area contributed by atoms with Crippen LogP contribution in [0.3, 0.4) is 0 Å². The van der Waals surface area contributed by atoms with E-state index in [0.29, 0.717) is 31.2 Å². The second-order valence-corrected chi connectivity index (χ2v) is 7.20. The highest BCUT2D eigenvalue weighted by atomic mass is 35.5. The quantitative estimate of drug-likeness (QED) is 0.593. The van der Waals surface area contributed by atoms with Crippen LogP contribution in [0.4, 0.5) is 10.5 Å². The van der Waals surface area contributed by atoms with Gasteiger partial charge in [0, 0.05) is 44.8 Å². The molecule has 1 fully saturated rings. The summed E-state index contributed by atoms with van der Waals surface area (Å²) in [5, 5.41) is 3.61. The van der Waals surface area contributed by atoms with E-state index in [2.05, 4.69) is 42.5 Å². The molecule has 1 aliphatic rings. The lowest BCUT2D eigenvalue weighted by atomic mass is 10.1. The van der Waals surface area contributed by atoms with Crippen LogP contribution in [0.25, 0.3) is 0 Å². The molecule has 1 unspecified atom stereocenters. The normalized spacial score (nSPS) is 14.5. The number of nitrogens with zero attached hydrogens (tertiary/aromatic N) is 3. The Bertz CT molecular complexity index is 803. The molecule has 0 aromatic heterocycles. The molecule has 0 bridgehead atoms. The molecule has 0 spiro atoms. The van der Waals surface area contributed by atoms with Gasteiger partial charge in [0.1, 0.15) is 0 Å². The van der Waals surface area contributed by atoms with Crippen molar-refractivity contribution in [1.82, 2.24) is 15.1 Å². The largest absolute Gasteiger partial charge is 0.371 e. The molecule has 156 valence electrons. The summed E-state index contributed by atoms with van der Waals surface area (Å²) in [6.07, 6.45) is 1.30. The Morgan fingerprint density at radius 3 is 2.45 bits per heavy atom. The van der Waals surface area contributed by atoms with E-state index in [4.69, 9.17) is 11.6 Å². The first-order valence-corrected chi connectivity index (χ1v) is 10.3. The number of rotatable bonds is 5. The van der Waals surface area contributed by atoms with Gasteiger partial charge in [-0.3, -0.25) is 4.79 Å². The van der Waals surface area contributed by atoms with Gasteiger partial charge in [0.05, 0.1) is 16.8 Å². The molecule has 1 atom stereocenters. The van der Waals surface area contributed by atoms with E-state index in [9.17, 15) is 9.59 Å². The van der Waals surface area contributed by atoms with Crippen molar-refractivity contribution < 1.29 is 9.59 Å². The topological polar surface area (TPSA) is 55.9 Å². The number of carbonyl (C=O) groups excluding carboxylic acids is 2. The van der Waals surface area contributed by atoms with E-state index >= 15 is 0 Å². The zero-order valence-corrected chi connectivity index (χ0v) is 18.1. The van der Waals surface area contributed by atoms with Crippen molar-refractivity contribution in [3.8, 4) is 11.8 Å². The maximum Gasteiger partial charge on any atom is 0.318 e. The minimum atomic E-state index is -0.303. The number of benzene rings is 1. The molecule has 29 heavy (non-hydrogen) atoms. The third kappa shape index (κ3) is 6.16. The van der Waals surface area contributed by atoms with Crippen LogP contribution in [0.2, 0.25) is 5.02 Å². The lowest BCUT2D eigenvalue weighted by molar-refractivity contribution is -0.127. The Morgan fingerprint density at radius 1 is 1.24 bits per heavy atom. The average molecular weight is 417 g/mol. The first-order valence-electron chi connectivity index (χ1n) is 9.92. The number of anilines is 1. The van der Waals surface area contributed by atoms with Crippen molar-refractivity contribution in [3.05, 3.63) is 41.4 Å². The Kier molecular flexibility index (Phi) is 8.41. The van der Waals surface area contributed by atoms with Crippen LogP contribution in [0, 0.1) is 11.8 Å². The number of halogens is 1. The van der Waals surface area contributed by atoms with Crippen molar-refractivity contribution in [2.75, 3.05) is 44.2 Å². The van der Waals surface area contributed by atoms with Crippen LogP contribution in [0.1, 0.15) is 26.3 Å². The fourth-order valence-electron chi connectivity index (χ4n) is 3.16. The molecule has 7 heteroatoms. The number of hydrogen-bond acceptors (Lipinski definition) is 3. The minimum Gasteiger partial charge on any atom is -0.371 e. The Labute approximate surface area is 178 Å². The number of hydrogen-bond donors (Lipinski definition) is 1. The Balaban J connectivity index is 1.95. The van der Waals surface area contributed by atoms with Crippen LogP contribution in [0.15, 0.2) is 30.9 Å². The molecule has 1 heterocycles. The van der Waals surface area contributed by atoms with Gasteiger partial charge in [-0.1, -0.05) is 30.0 Å².